The number of nitrogens with zero attached hydrogens (tertiary/aromatic N) is 4. The second kappa shape index (κ2) is 11.4. The lowest BCUT2D eigenvalue weighted by atomic mass is 9.93. The van der Waals surface area contributed by atoms with Crippen LogP contribution in [-0.2, 0) is 0 Å². The molecule has 42 heavy (non-hydrogen) atoms. The minimum absolute atomic E-state index is 0.0835. The average Bonchev–Trinajstić information content (AvgIpc) is 3.45. The van der Waals surface area contributed by atoms with Crippen LogP contribution in [0.4, 0.5) is 11.4 Å². The molecule has 1 aliphatic heterocycles. The fourth-order valence-electron chi connectivity index (χ4n) is 5.78. The van der Waals surface area contributed by atoms with Gasteiger partial charge in [0, 0.05) is 56.4 Å². The van der Waals surface area contributed by atoms with E-state index in [1.54, 1.807) is 23.9 Å². The Labute approximate surface area is 254 Å². The fourth-order valence-corrected chi connectivity index (χ4v) is 6.94. The molecule has 0 bridgehead atoms. The molecule has 7 nitrogen and oxygen atoms in total. The zero-order valence-corrected chi connectivity index (χ0v) is 25.0. The summed E-state index contributed by atoms with van der Waals surface area (Å²) in [6.45, 7) is 6.54. The van der Waals surface area contributed by atoms with Crippen LogP contribution in [0.5, 0.6) is 0 Å². The van der Waals surface area contributed by atoms with Gasteiger partial charge in [0.05, 0.1) is 22.7 Å². The summed E-state index contributed by atoms with van der Waals surface area (Å²) in [5.74, 6) is 0. The van der Waals surface area contributed by atoms with Gasteiger partial charge in [0.1, 0.15) is 0 Å². The summed E-state index contributed by atoms with van der Waals surface area (Å²) in [5.41, 5.74) is 7.94. The molecule has 1 fully saturated rings. The molecular formula is C33H29N5O2S2. The van der Waals surface area contributed by atoms with Crippen LogP contribution in [0.1, 0.15) is 40.3 Å². The predicted octanol–water partition coefficient (Wildman–Crippen LogP) is 8.03. The van der Waals surface area contributed by atoms with E-state index in [1.165, 1.54) is 34.6 Å². The van der Waals surface area contributed by atoms with Crippen molar-refractivity contribution in [2.24, 2.45) is 0 Å². The SMILES string of the molecule is Cc1c(C2C(c3ccccn3)NC(=S)N2c2ccc(Sc3ccc([N+](=O)[O-])cc3)cc2)c(C)n(-c2ccccc2)c1C. The maximum absolute atomic E-state index is 11.0. The average molecular weight is 592 g/mol. The van der Waals surface area contributed by atoms with Crippen LogP contribution in [-0.4, -0.2) is 19.6 Å². The van der Waals surface area contributed by atoms with Gasteiger partial charge in [0.25, 0.3) is 5.69 Å². The van der Waals surface area contributed by atoms with Crippen molar-refractivity contribution in [3.05, 3.63) is 142 Å². The maximum Gasteiger partial charge on any atom is 0.269 e. The lowest BCUT2D eigenvalue weighted by Crippen LogP contribution is -2.29. The number of rotatable bonds is 7. The highest BCUT2D eigenvalue weighted by Gasteiger charge is 2.43. The Hall–Kier alpha value is -4.47. The zero-order chi connectivity index (χ0) is 29.4. The monoisotopic (exact) mass is 591 g/mol. The Morgan fingerprint density at radius 3 is 2.10 bits per heavy atom. The van der Waals surface area contributed by atoms with Gasteiger partial charge in [-0.15, -0.1) is 0 Å². The predicted molar refractivity (Wildman–Crippen MR) is 172 cm³/mol. The first-order valence-corrected chi connectivity index (χ1v) is 14.8. The topological polar surface area (TPSA) is 76.2 Å². The van der Waals surface area contributed by atoms with E-state index in [4.69, 9.17) is 17.2 Å². The van der Waals surface area contributed by atoms with Crippen LogP contribution in [0.15, 0.2) is 113 Å². The standard InChI is InChI=1S/C33H29N5O2S2/c1-21-22(2)36(24-9-5-4-6-10-24)23(3)30(21)32-31(29-11-7-8-20-34-29)35-33(41)37(32)25-12-16-27(17-13-25)42-28-18-14-26(15-19-28)38(39)40/h4-20,31-32H,1-3H3,(H,35,41). The van der Waals surface area contributed by atoms with E-state index in [0.717, 1.165) is 26.9 Å². The minimum Gasteiger partial charge on any atom is -0.351 e. The van der Waals surface area contributed by atoms with Gasteiger partial charge in [-0.25, -0.2) is 0 Å². The first kappa shape index (κ1) is 27.7. The highest BCUT2D eigenvalue weighted by atomic mass is 32.2. The minimum atomic E-state index is -0.385. The first-order valence-electron chi connectivity index (χ1n) is 13.6. The van der Waals surface area contributed by atoms with Crippen LogP contribution in [0.3, 0.4) is 0 Å². The summed E-state index contributed by atoms with van der Waals surface area (Å²) >= 11 is 7.55. The lowest BCUT2D eigenvalue weighted by Gasteiger charge is -2.29. The van der Waals surface area contributed by atoms with Gasteiger partial charge >= 0.3 is 0 Å². The number of pyridine rings is 1. The first-order chi connectivity index (χ1) is 20.3. The van der Waals surface area contributed by atoms with E-state index < -0.39 is 0 Å². The number of thiocarbonyl (C=S) groups is 1. The molecule has 2 unspecified atom stereocenters. The molecule has 3 aromatic carbocycles. The highest BCUT2D eigenvalue weighted by molar-refractivity contribution is 7.99. The summed E-state index contributed by atoms with van der Waals surface area (Å²) in [6.07, 6.45) is 1.82. The Balaban J connectivity index is 1.40. The van der Waals surface area contributed by atoms with Crippen LogP contribution < -0.4 is 10.2 Å². The van der Waals surface area contributed by atoms with E-state index >= 15 is 0 Å². The second-order valence-corrected chi connectivity index (χ2v) is 11.8. The van der Waals surface area contributed by atoms with Crippen LogP contribution in [0.25, 0.3) is 5.69 Å². The van der Waals surface area contributed by atoms with Crippen molar-refractivity contribution in [3.63, 3.8) is 0 Å². The summed E-state index contributed by atoms with van der Waals surface area (Å²) in [4.78, 5) is 19.5. The molecule has 1 aliphatic rings. The molecule has 9 heteroatoms. The molecule has 2 aromatic heterocycles. The van der Waals surface area contributed by atoms with Gasteiger partial charge in [0.15, 0.2) is 5.11 Å². The fraction of sp³-hybridized carbons (Fsp3) is 0.152. The summed E-state index contributed by atoms with van der Waals surface area (Å²) in [7, 11) is 0. The van der Waals surface area contributed by atoms with E-state index in [1.807, 2.05) is 30.5 Å². The number of nitrogens with one attached hydrogen (secondary N) is 1. The normalized spacial score (nSPS) is 16.5. The summed E-state index contributed by atoms with van der Waals surface area (Å²) < 4.78 is 2.32. The Morgan fingerprint density at radius 2 is 1.48 bits per heavy atom. The number of nitro benzene ring substituents is 1. The van der Waals surface area contributed by atoms with Crippen molar-refractivity contribution in [3.8, 4) is 5.69 Å². The molecule has 1 N–H and O–H groups in total. The molecule has 0 amide bonds. The van der Waals surface area contributed by atoms with Crippen LogP contribution in [0, 0.1) is 30.9 Å². The van der Waals surface area contributed by atoms with Crippen molar-refractivity contribution in [1.29, 1.82) is 0 Å². The third kappa shape index (κ3) is 5.06. The number of hydrogen-bond donors (Lipinski definition) is 1. The Bertz CT molecular complexity index is 1750. The number of non-ortho nitro benzene ring substituents is 1. The highest BCUT2D eigenvalue weighted by Crippen LogP contribution is 2.45. The molecule has 5 aromatic rings. The van der Waals surface area contributed by atoms with Gasteiger partial charge in [-0.3, -0.25) is 15.1 Å². The Kier molecular flexibility index (Phi) is 7.53. The summed E-state index contributed by atoms with van der Waals surface area (Å²) in [6, 6.07) is 31.1. The zero-order valence-electron chi connectivity index (χ0n) is 23.4. The molecule has 210 valence electrons. The van der Waals surface area contributed by atoms with Crippen molar-refractivity contribution >= 4 is 40.5 Å². The van der Waals surface area contributed by atoms with Gasteiger partial charge in [0.2, 0.25) is 0 Å². The number of anilines is 1. The smallest absolute Gasteiger partial charge is 0.269 e. The molecule has 2 atom stereocenters. The Morgan fingerprint density at radius 1 is 0.833 bits per heavy atom. The molecule has 0 radical (unpaired) electrons. The van der Waals surface area contributed by atoms with E-state index in [0.29, 0.717) is 5.11 Å². The molecule has 3 heterocycles. The number of para-hydroxylation sites is 1. The van der Waals surface area contributed by atoms with Crippen molar-refractivity contribution < 1.29 is 4.92 Å². The molecule has 0 aliphatic carbocycles. The van der Waals surface area contributed by atoms with E-state index in [-0.39, 0.29) is 22.7 Å². The quantitative estimate of drug-likeness (QED) is 0.117. The van der Waals surface area contributed by atoms with E-state index in [9.17, 15) is 10.1 Å². The van der Waals surface area contributed by atoms with E-state index in [2.05, 4.69) is 84.1 Å². The van der Waals surface area contributed by atoms with Crippen LogP contribution >= 0.6 is 24.0 Å². The van der Waals surface area contributed by atoms with Crippen molar-refractivity contribution in [2.75, 3.05) is 4.90 Å². The van der Waals surface area contributed by atoms with Gasteiger partial charge in [-0.1, -0.05) is 36.0 Å². The van der Waals surface area contributed by atoms with Gasteiger partial charge in [-0.05, 0) is 99.2 Å². The van der Waals surface area contributed by atoms with Gasteiger partial charge < -0.3 is 14.8 Å². The molecule has 1 saturated heterocycles. The molecule has 0 saturated carbocycles. The second-order valence-electron chi connectivity index (χ2n) is 10.2. The molecule has 0 spiro atoms. The number of benzene rings is 3. The molecule has 6 rings (SSSR count). The van der Waals surface area contributed by atoms with Crippen LogP contribution in [0.2, 0.25) is 0 Å². The van der Waals surface area contributed by atoms with Gasteiger partial charge in [-0.2, -0.15) is 0 Å². The number of aromatic nitrogens is 2. The lowest BCUT2D eigenvalue weighted by molar-refractivity contribution is -0.384. The third-order valence-electron chi connectivity index (χ3n) is 7.81. The maximum atomic E-state index is 11.0. The number of hydrogen-bond acceptors (Lipinski definition) is 5. The summed E-state index contributed by atoms with van der Waals surface area (Å²) in [5, 5.41) is 15.2. The largest absolute Gasteiger partial charge is 0.351 e. The molecular weight excluding hydrogens is 563 g/mol. The van der Waals surface area contributed by atoms with Crippen molar-refractivity contribution in [2.45, 2.75) is 42.6 Å². The number of nitro groups is 1. The third-order valence-corrected chi connectivity index (χ3v) is 9.14. The van der Waals surface area contributed by atoms with Crippen molar-refractivity contribution in [1.82, 2.24) is 14.9 Å².